The normalized spacial score (nSPS) is 12.8. The van der Waals surface area contributed by atoms with Gasteiger partial charge in [0.2, 0.25) is 11.8 Å². The molecule has 0 saturated heterocycles. The van der Waals surface area contributed by atoms with Gasteiger partial charge in [-0.15, -0.1) is 0 Å². The predicted molar refractivity (Wildman–Crippen MR) is 61.8 cm³/mol. The highest BCUT2D eigenvalue weighted by atomic mass is 19.4. The largest absolute Gasteiger partial charge is 0.389 e. The average molecular weight is 292 g/mol. The lowest BCUT2D eigenvalue weighted by atomic mass is 10.1. The van der Waals surface area contributed by atoms with Crippen molar-refractivity contribution >= 4 is 11.8 Å². The molecule has 0 saturated carbocycles. The number of primary amides is 1. The maximum atomic E-state index is 12.7. The number of halogens is 4. The van der Waals surface area contributed by atoms with Crippen molar-refractivity contribution < 1.29 is 27.2 Å². The minimum Gasteiger partial charge on any atom is -0.368 e. The molecule has 0 fully saturated rings. The van der Waals surface area contributed by atoms with Gasteiger partial charge in [-0.3, -0.25) is 9.59 Å². The van der Waals surface area contributed by atoms with E-state index in [1.807, 2.05) is 0 Å². The third kappa shape index (κ3) is 5.25. The maximum Gasteiger partial charge on any atom is 0.389 e. The van der Waals surface area contributed by atoms with Gasteiger partial charge in [0, 0.05) is 6.42 Å². The molecule has 0 aromatic heterocycles. The van der Waals surface area contributed by atoms with Gasteiger partial charge in [-0.05, 0) is 17.7 Å². The molecule has 0 aliphatic carbocycles. The molecule has 1 aromatic carbocycles. The first-order valence-corrected chi connectivity index (χ1v) is 5.60. The molecule has 0 bridgehead atoms. The summed E-state index contributed by atoms with van der Waals surface area (Å²) in [5.41, 5.74) is 5.26. The Morgan fingerprint density at radius 2 is 1.75 bits per heavy atom. The van der Waals surface area contributed by atoms with Gasteiger partial charge in [-0.25, -0.2) is 4.39 Å². The summed E-state index contributed by atoms with van der Waals surface area (Å²) in [5.74, 6) is -2.47. The SMILES string of the molecule is NC(=O)[C@@H](NC(=O)CCC(F)(F)F)c1ccc(F)cc1. The van der Waals surface area contributed by atoms with Crippen LogP contribution in [-0.4, -0.2) is 18.0 Å². The maximum absolute atomic E-state index is 12.7. The number of hydrogen-bond donors (Lipinski definition) is 2. The number of carbonyl (C=O) groups excluding carboxylic acids is 2. The molecule has 0 spiro atoms. The first-order valence-electron chi connectivity index (χ1n) is 5.60. The van der Waals surface area contributed by atoms with Gasteiger partial charge in [-0.2, -0.15) is 13.2 Å². The van der Waals surface area contributed by atoms with Crippen molar-refractivity contribution in [1.82, 2.24) is 5.32 Å². The number of nitrogens with one attached hydrogen (secondary N) is 1. The van der Waals surface area contributed by atoms with Crippen molar-refractivity contribution in [3.8, 4) is 0 Å². The van der Waals surface area contributed by atoms with Crippen LogP contribution in [0.4, 0.5) is 17.6 Å². The summed E-state index contributed by atoms with van der Waals surface area (Å²) in [6.07, 6.45) is -6.57. The Bertz CT molecular complexity index is 485. The lowest BCUT2D eigenvalue weighted by Crippen LogP contribution is -2.37. The fourth-order valence-electron chi connectivity index (χ4n) is 1.46. The van der Waals surface area contributed by atoms with Crippen LogP contribution in [0.15, 0.2) is 24.3 Å². The second kappa shape index (κ2) is 6.36. The fourth-order valence-corrected chi connectivity index (χ4v) is 1.46. The number of benzene rings is 1. The zero-order valence-corrected chi connectivity index (χ0v) is 10.2. The molecule has 0 aliphatic heterocycles. The molecule has 3 N–H and O–H groups in total. The molecular weight excluding hydrogens is 280 g/mol. The summed E-state index contributed by atoms with van der Waals surface area (Å²) in [6.45, 7) is 0. The Morgan fingerprint density at radius 3 is 2.20 bits per heavy atom. The van der Waals surface area contributed by atoms with E-state index in [0.29, 0.717) is 0 Å². The van der Waals surface area contributed by atoms with Crippen LogP contribution < -0.4 is 11.1 Å². The highest BCUT2D eigenvalue weighted by molar-refractivity contribution is 5.87. The minimum absolute atomic E-state index is 0.194. The Kier molecular flexibility index (Phi) is 5.06. The molecule has 1 rings (SSSR count). The first-order chi connectivity index (χ1) is 9.19. The van der Waals surface area contributed by atoms with Crippen LogP contribution in [-0.2, 0) is 9.59 Å². The second-order valence-corrected chi connectivity index (χ2v) is 4.07. The Labute approximate surface area is 111 Å². The molecule has 0 heterocycles. The summed E-state index contributed by atoms with van der Waals surface area (Å²) < 4.78 is 48.6. The van der Waals surface area contributed by atoms with Gasteiger partial charge in [0.05, 0.1) is 6.42 Å². The zero-order valence-electron chi connectivity index (χ0n) is 10.2. The van der Waals surface area contributed by atoms with E-state index in [-0.39, 0.29) is 5.56 Å². The van der Waals surface area contributed by atoms with E-state index in [1.165, 1.54) is 12.1 Å². The summed E-state index contributed by atoms with van der Waals surface area (Å²) in [7, 11) is 0. The van der Waals surface area contributed by atoms with Crippen LogP contribution in [0.1, 0.15) is 24.4 Å². The predicted octanol–water partition coefficient (Wildman–Crippen LogP) is 1.81. The lowest BCUT2D eigenvalue weighted by molar-refractivity contribution is -0.144. The summed E-state index contributed by atoms with van der Waals surface area (Å²) in [5, 5.41) is 2.09. The quantitative estimate of drug-likeness (QED) is 0.812. The number of amides is 2. The Morgan fingerprint density at radius 1 is 1.20 bits per heavy atom. The van der Waals surface area contributed by atoms with Crippen molar-refractivity contribution in [2.24, 2.45) is 5.73 Å². The topological polar surface area (TPSA) is 72.2 Å². The third-order valence-electron chi connectivity index (χ3n) is 2.43. The van der Waals surface area contributed by atoms with Crippen molar-refractivity contribution in [2.45, 2.75) is 25.1 Å². The lowest BCUT2D eigenvalue weighted by Gasteiger charge is -2.16. The second-order valence-electron chi connectivity index (χ2n) is 4.07. The zero-order chi connectivity index (χ0) is 15.3. The summed E-state index contributed by atoms with van der Waals surface area (Å²) in [4.78, 5) is 22.6. The molecule has 4 nitrogen and oxygen atoms in total. The van der Waals surface area contributed by atoms with Crippen LogP contribution in [0.25, 0.3) is 0 Å². The van der Waals surface area contributed by atoms with E-state index in [2.05, 4.69) is 5.32 Å². The molecule has 0 unspecified atom stereocenters. The van der Waals surface area contributed by atoms with Crippen LogP contribution in [0.5, 0.6) is 0 Å². The van der Waals surface area contributed by atoms with Gasteiger partial charge in [-0.1, -0.05) is 12.1 Å². The monoisotopic (exact) mass is 292 g/mol. The number of hydrogen-bond acceptors (Lipinski definition) is 2. The smallest absolute Gasteiger partial charge is 0.368 e. The number of alkyl halides is 3. The van der Waals surface area contributed by atoms with Crippen LogP contribution in [0, 0.1) is 5.82 Å². The van der Waals surface area contributed by atoms with Gasteiger partial charge in [0.15, 0.2) is 0 Å². The first kappa shape index (κ1) is 15.9. The van der Waals surface area contributed by atoms with Gasteiger partial charge >= 0.3 is 6.18 Å². The van der Waals surface area contributed by atoms with E-state index < -0.39 is 42.7 Å². The summed E-state index contributed by atoms with van der Waals surface area (Å²) >= 11 is 0. The van der Waals surface area contributed by atoms with Crippen LogP contribution >= 0.6 is 0 Å². The van der Waals surface area contributed by atoms with Crippen molar-refractivity contribution in [3.05, 3.63) is 35.6 Å². The van der Waals surface area contributed by atoms with Crippen LogP contribution in [0.3, 0.4) is 0 Å². The highest BCUT2D eigenvalue weighted by Gasteiger charge is 2.29. The number of nitrogens with two attached hydrogens (primary N) is 1. The highest BCUT2D eigenvalue weighted by Crippen LogP contribution is 2.21. The van der Waals surface area contributed by atoms with Crippen LogP contribution in [0.2, 0.25) is 0 Å². The average Bonchev–Trinajstić information content (AvgIpc) is 2.33. The molecule has 20 heavy (non-hydrogen) atoms. The van der Waals surface area contributed by atoms with E-state index in [4.69, 9.17) is 5.73 Å². The van der Waals surface area contributed by atoms with Crippen molar-refractivity contribution in [1.29, 1.82) is 0 Å². The molecule has 2 amide bonds. The van der Waals surface area contributed by atoms with Crippen molar-refractivity contribution in [3.63, 3.8) is 0 Å². The molecule has 8 heteroatoms. The molecule has 1 atom stereocenters. The molecule has 110 valence electrons. The summed E-state index contributed by atoms with van der Waals surface area (Å²) in [6, 6.07) is 3.24. The fraction of sp³-hybridized carbons (Fsp3) is 0.333. The van der Waals surface area contributed by atoms with E-state index in [0.717, 1.165) is 12.1 Å². The number of rotatable bonds is 5. The molecule has 0 aliphatic rings. The van der Waals surface area contributed by atoms with Gasteiger partial charge < -0.3 is 11.1 Å². The van der Waals surface area contributed by atoms with Crippen molar-refractivity contribution in [2.75, 3.05) is 0 Å². The third-order valence-corrected chi connectivity index (χ3v) is 2.43. The molecular formula is C12H12F4N2O2. The Hall–Kier alpha value is -2.12. The van der Waals surface area contributed by atoms with E-state index >= 15 is 0 Å². The van der Waals surface area contributed by atoms with E-state index in [9.17, 15) is 27.2 Å². The Balaban J connectivity index is 2.71. The minimum atomic E-state index is -4.46. The number of carbonyl (C=O) groups is 2. The standard InChI is InChI=1S/C12H12F4N2O2/c13-8-3-1-7(2-4-8)10(11(17)20)18-9(19)5-6-12(14,15)16/h1-4,10H,5-6H2,(H2,17,20)(H,18,19)/t10-/m0/s1. The molecule has 1 aromatic rings. The van der Waals surface area contributed by atoms with Gasteiger partial charge in [0.1, 0.15) is 11.9 Å². The van der Waals surface area contributed by atoms with E-state index in [1.54, 1.807) is 0 Å². The van der Waals surface area contributed by atoms with Gasteiger partial charge in [0.25, 0.3) is 0 Å². The molecule has 0 radical (unpaired) electrons.